The SMILES string of the molecule is C=CCOc1cccc(NCC(=O)Nc2cccc(C(=O)N(CC)c3ccccc3)c2)c1. The fraction of sp³-hybridized carbons (Fsp3) is 0.154. The summed E-state index contributed by atoms with van der Waals surface area (Å²) in [6.45, 7) is 6.59. The number of nitrogens with zero attached hydrogens (tertiary/aromatic N) is 1. The normalized spacial score (nSPS) is 10.2. The van der Waals surface area contributed by atoms with Crippen LogP contribution in [0.1, 0.15) is 17.3 Å². The standard InChI is InChI=1S/C26H27N3O3/c1-3-16-32-24-15-9-11-21(18-24)27-19-25(30)28-22-12-8-10-20(17-22)26(31)29(4-2)23-13-6-5-7-14-23/h3,5-15,17-18,27H,1,4,16,19H2,2H3,(H,28,30). The van der Waals surface area contributed by atoms with Gasteiger partial charge in [0, 0.05) is 35.2 Å². The van der Waals surface area contributed by atoms with Crippen molar-refractivity contribution < 1.29 is 14.3 Å². The number of nitrogens with one attached hydrogen (secondary N) is 2. The van der Waals surface area contributed by atoms with Crippen LogP contribution >= 0.6 is 0 Å². The summed E-state index contributed by atoms with van der Waals surface area (Å²) in [5.74, 6) is 0.354. The van der Waals surface area contributed by atoms with Crippen molar-refractivity contribution in [1.29, 1.82) is 0 Å². The van der Waals surface area contributed by atoms with Gasteiger partial charge in [0.2, 0.25) is 5.91 Å². The van der Waals surface area contributed by atoms with Gasteiger partial charge in [-0.3, -0.25) is 9.59 Å². The molecule has 0 unspecified atom stereocenters. The molecule has 3 rings (SSSR count). The summed E-state index contributed by atoms with van der Waals surface area (Å²) < 4.78 is 5.50. The summed E-state index contributed by atoms with van der Waals surface area (Å²) in [6.07, 6.45) is 1.67. The van der Waals surface area contributed by atoms with Crippen LogP contribution in [0.3, 0.4) is 0 Å². The minimum Gasteiger partial charge on any atom is -0.489 e. The molecule has 0 aliphatic heterocycles. The van der Waals surface area contributed by atoms with Crippen molar-refractivity contribution in [3.05, 3.63) is 97.1 Å². The van der Waals surface area contributed by atoms with Crippen LogP contribution in [-0.4, -0.2) is 31.5 Å². The molecule has 0 saturated carbocycles. The second-order valence-electron chi connectivity index (χ2n) is 7.00. The highest BCUT2D eigenvalue weighted by Gasteiger charge is 2.16. The summed E-state index contributed by atoms with van der Waals surface area (Å²) in [5, 5.41) is 5.91. The van der Waals surface area contributed by atoms with Crippen molar-refractivity contribution in [2.45, 2.75) is 6.92 Å². The van der Waals surface area contributed by atoms with Crippen LogP contribution in [0.5, 0.6) is 5.75 Å². The third-order valence-corrected chi connectivity index (χ3v) is 4.68. The smallest absolute Gasteiger partial charge is 0.258 e. The number of ether oxygens (including phenoxy) is 1. The Balaban J connectivity index is 1.61. The highest BCUT2D eigenvalue weighted by atomic mass is 16.5. The number of para-hydroxylation sites is 1. The number of anilines is 3. The topological polar surface area (TPSA) is 70.7 Å². The maximum Gasteiger partial charge on any atom is 0.258 e. The van der Waals surface area contributed by atoms with Gasteiger partial charge in [0.15, 0.2) is 0 Å². The molecule has 0 aliphatic rings. The molecule has 6 heteroatoms. The summed E-state index contributed by atoms with van der Waals surface area (Å²) in [4.78, 5) is 27.1. The minimum atomic E-state index is -0.220. The molecule has 164 valence electrons. The molecule has 0 heterocycles. The Bertz CT molecular complexity index is 1070. The first-order valence-electron chi connectivity index (χ1n) is 10.4. The van der Waals surface area contributed by atoms with E-state index < -0.39 is 0 Å². The quantitative estimate of drug-likeness (QED) is 0.447. The molecule has 0 aromatic heterocycles. The molecule has 32 heavy (non-hydrogen) atoms. The lowest BCUT2D eigenvalue weighted by molar-refractivity contribution is -0.114. The number of rotatable bonds is 10. The van der Waals surface area contributed by atoms with Crippen LogP contribution in [0.25, 0.3) is 0 Å². The van der Waals surface area contributed by atoms with Crippen molar-refractivity contribution in [2.75, 3.05) is 35.2 Å². The van der Waals surface area contributed by atoms with Crippen LogP contribution in [0.15, 0.2) is 91.5 Å². The van der Waals surface area contributed by atoms with Gasteiger partial charge in [-0.1, -0.05) is 43.0 Å². The van der Waals surface area contributed by atoms with E-state index in [2.05, 4.69) is 17.2 Å². The summed E-state index contributed by atoms with van der Waals surface area (Å²) in [7, 11) is 0. The molecule has 0 spiro atoms. The van der Waals surface area contributed by atoms with E-state index in [-0.39, 0.29) is 18.4 Å². The predicted molar refractivity (Wildman–Crippen MR) is 129 cm³/mol. The number of hydrogen-bond donors (Lipinski definition) is 2. The van der Waals surface area contributed by atoms with E-state index in [9.17, 15) is 9.59 Å². The summed E-state index contributed by atoms with van der Waals surface area (Å²) >= 11 is 0. The van der Waals surface area contributed by atoms with E-state index in [1.165, 1.54) is 0 Å². The van der Waals surface area contributed by atoms with Gasteiger partial charge in [-0.2, -0.15) is 0 Å². The zero-order chi connectivity index (χ0) is 22.8. The van der Waals surface area contributed by atoms with E-state index in [0.717, 1.165) is 11.4 Å². The Morgan fingerprint density at radius 2 is 1.72 bits per heavy atom. The maximum absolute atomic E-state index is 13.0. The lowest BCUT2D eigenvalue weighted by Crippen LogP contribution is -2.30. The third kappa shape index (κ3) is 6.22. The molecule has 0 saturated heterocycles. The first kappa shape index (κ1) is 22.6. The fourth-order valence-corrected chi connectivity index (χ4v) is 3.18. The van der Waals surface area contributed by atoms with Gasteiger partial charge >= 0.3 is 0 Å². The molecule has 2 amide bonds. The van der Waals surface area contributed by atoms with Gasteiger partial charge in [0.25, 0.3) is 5.91 Å². The van der Waals surface area contributed by atoms with Crippen LogP contribution in [0.4, 0.5) is 17.1 Å². The first-order chi connectivity index (χ1) is 15.6. The van der Waals surface area contributed by atoms with Crippen molar-refractivity contribution in [3.8, 4) is 5.75 Å². The largest absolute Gasteiger partial charge is 0.489 e. The number of amides is 2. The van der Waals surface area contributed by atoms with Gasteiger partial charge < -0.3 is 20.3 Å². The summed E-state index contributed by atoms with van der Waals surface area (Å²) in [6, 6.07) is 23.8. The fourth-order valence-electron chi connectivity index (χ4n) is 3.18. The van der Waals surface area contributed by atoms with Crippen molar-refractivity contribution in [3.63, 3.8) is 0 Å². The average molecular weight is 430 g/mol. The van der Waals surface area contributed by atoms with Crippen molar-refractivity contribution in [1.82, 2.24) is 0 Å². The Labute approximate surface area is 188 Å². The highest BCUT2D eigenvalue weighted by Crippen LogP contribution is 2.19. The number of carbonyl (C=O) groups is 2. The van der Waals surface area contributed by atoms with Crippen LogP contribution in [0, 0.1) is 0 Å². The van der Waals surface area contributed by atoms with E-state index >= 15 is 0 Å². The Kier molecular flexibility index (Phi) is 8.03. The zero-order valence-corrected chi connectivity index (χ0v) is 18.1. The number of carbonyl (C=O) groups excluding carboxylic acids is 2. The van der Waals surface area contributed by atoms with Gasteiger partial charge in [0.05, 0.1) is 6.54 Å². The molecule has 0 atom stereocenters. The monoisotopic (exact) mass is 429 g/mol. The second-order valence-corrected chi connectivity index (χ2v) is 7.00. The van der Waals surface area contributed by atoms with Crippen LogP contribution in [0.2, 0.25) is 0 Å². The van der Waals surface area contributed by atoms with Gasteiger partial charge in [-0.25, -0.2) is 0 Å². The van der Waals surface area contributed by atoms with E-state index in [0.29, 0.717) is 30.2 Å². The Morgan fingerprint density at radius 1 is 0.969 bits per heavy atom. The second kappa shape index (κ2) is 11.4. The molecule has 0 bridgehead atoms. The molecule has 0 aliphatic carbocycles. The molecule has 0 radical (unpaired) electrons. The van der Waals surface area contributed by atoms with E-state index in [1.54, 1.807) is 35.2 Å². The molecule has 6 nitrogen and oxygen atoms in total. The maximum atomic E-state index is 13.0. The Morgan fingerprint density at radius 3 is 2.47 bits per heavy atom. The zero-order valence-electron chi connectivity index (χ0n) is 18.1. The average Bonchev–Trinajstić information content (AvgIpc) is 2.83. The lowest BCUT2D eigenvalue weighted by Gasteiger charge is -2.21. The molecule has 3 aromatic carbocycles. The van der Waals surface area contributed by atoms with Crippen LogP contribution in [-0.2, 0) is 4.79 Å². The highest BCUT2D eigenvalue weighted by molar-refractivity contribution is 6.07. The van der Waals surface area contributed by atoms with E-state index in [1.807, 2.05) is 61.5 Å². The molecule has 3 aromatic rings. The number of hydrogen-bond acceptors (Lipinski definition) is 4. The molecule has 0 fully saturated rings. The Hall–Kier alpha value is -4.06. The van der Waals surface area contributed by atoms with Crippen molar-refractivity contribution >= 4 is 28.9 Å². The minimum absolute atomic E-state index is 0.0776. The first-order valence-corrected chi connectivity index (χ1v) is 10.4. The van der Waals surface area contributed by atoms with Gasteiger partial charge in [-0.05, 0) is 49.4 Å². The van der Waals surface area contributed by atoms with Crippen LogP contribution < -0.4 is 20.3 Å². The predicted octanol–water partition coefficient (Wildman–Crippen LogP) is 4.97. The summed E-state index contributed by atoms with van der Waals surface area (Å²) in [5.41, 5.74) is 2.67. The molecular weight excluding hydrogens is 402 g/mol. The van der Waals surface area contributed by atoms with E-state index in [4.69, 9.17) is 4.74 Å². The van der Waals surface area contributed by atoms with Gasteiger partial charge in [-0.15, -0.1) is 0 Å². The lowest BCUT2D eigenvalue weighted by atomic mass is 10.1. The third-order valence-electron chi connectivity index (χ3n) is 4.68. The molecular formula is C26H27N3O3. The van der Waals surface area contributed by atoms with Gasteiger partial charge in [0.1, 0.15) is 12.4 Å². The number of benzene rings is 3. The van der Waals surface area contributed by atoms with Crippen molar-refractivity contribution in [2.24, 2.45) is 0 Å². The molecule has 2 N–H and O–H groups in total.